The molecule has 0 fully saturated rings. The first kappa shape index (κ1) is 14.6. The number of carbonyl (C=O) groups excluding carboxylic acids is 1. The Morgan fingerprint density at radius 3 is 2.90 bits per heavy atom. The van der Waals surface area contributed by atoms with E-state index in [1.807, 2.05) is 23.1 Å². The highest BCUT2D eigenvalue weighted by atomic mass is 35.5. The summed E-state index contributed by atoms with van der Waals surface area (Å²) >= 11 is 0. The van der Waals surface area contributed by atoms with Crippen LogP contribution in [0.1, 0.15) is 28.6 Å². The van der Waals surface area contributed by atoms with Crippen LogP contribution in [-0.2, 0) is 13.0 Å². The summed E-state index contributed by atoms with van der Waals surface area (Å²) in [4.78, 5) is 14.4. The van der Waals surface area contributed by atoms with Crippen molar-refractivity contribution < 1.29 is 9.21 Å². The van der Waals surface area contributed by atoms with Crippen LogP contribution in [0.3, 0.4) is 0 Å². The molecule has 1 atom stereocenters. The molecule has 1 amide bonds. The van der Waals surface area contributed by atoms with Gasteiger partial charge in [0.05, 0.1) is 12.1 Å². The second-order valence-corrected chi connectivity index (χ2v) is 4.86. The first-order valence-corrected chi connectivity index (χ1v) is 6.39. The molecule has 0 saturated carbocycles. The van der Waals surface area contributed by atoms with E-state index in [0.29, 0.717) is 17.9 Å². The van der Waals surface area contributed by atoms with Crippen molar-refractivity contribution in [3.05, 3.63) is 53.5 Å². The van der Waals surface area contributed by atoms with Crippen molar-refractivity contribution in [2.75, 3.05) is 4.90 Å². The van der Waals surface area contributed by atoms with Crippen molar-refractivity contribution in [1.29, 1.82) is 0 Å². The molecule has 4 nitrogen and oxygen atoms in total. The Labute approximate surface area is 124 Å². The van der Waals surface area contributed by atoms with Gasteiger partial charge in [-0.1, -0.05) is 18.2 Å². The number of rotatable bonds is 2. The van der Waals surface area contributed by atoms with Gasteiger partial charge < -0.3 is 15.1 Å². The summed E-state index contributed by atoms with van der Waals surface area (Å²) in [5.74, 6) is 0.601. The molecule has 2 aromatic rings. The fourth-order valence-electron chi connectivity index (χ4n) is 2.61. The van der Waals surface area contributed by atoms with Gasteiger partial charge in [0.25, 0.3) is 5.91 Å². The van der Waals surface area contributed by atoms with Crippen LogP contribution in [0.15, 0.2) is 41.0 Å². The molecule has 2 N–H and O–H groups in total. The lowest BCUT2D eigenvalue weighted by Gasteiger charge is -2.21. The van der Waals surface area contributed by atoms with Crippen LogP contribution in [0.4, 0.5) is 5.69 Å². The van der Waals surface area contributed by atoms with E-state index in [0.717, 1.165) is 12.1 Å². The highest BCUT2D eigenvalue weighted by molar-refractivity contribution is 6.07. The minimum absolute atomic E-state index is 0. The number of halogens is 1. The summed E-state index contributed by atoms with van der Waals surface area (Å²) in [5.41, 5.74) is 8.27. The maximum absolute atomic E-state index is 12.6. The van der Waals surface area contributed by atoms with Gasteiger partial charge in [-0.25, -0.2) is 0 Å². The average molecular weight is 293 g/mol. The third-order valence-corrected chi connectivity index (χ3v) is 3.53. The van der Waals surface area contributed by atoms with E-state index in [4.69, 9.17) is 10.2 Å². The third-order valence-electron chi connectivity index (χ3n) is 3.53. The summed E-state index contributed by atoms with van der Waals surface area (Å²) in [7, 11) is 0. The molecule has 0 bridgehead atoms. The molecule has 0 radical (unpaired) electrons. The predicted molar refractivity (Wildman–Crippen MR) is 80.3 cm³/mol. The number of para-hydroxylation sites is 1. The molecule has 0 aliphatic carbocycles. The molecule has 0 spiro atoms. The summed E-state index contributed by atoms with van der Waals surface area (Å²) in [5, 5.41) is 0. The van der Waals surface area contributed by atoms with Crippen LogP contribution in [0, 0.1) is 0 Å². The maximum atomic E-state index is 12.6. The smallest absolute Gasteiger partial charge is 0.261 e. The molecule has 106 valence electrons. The van der Waals surface area contributed by atoms with Gasteiger partial charge >= 0.3 is 0 Å². The zero-order chi connectivity index (χ0) is 13.4. The minimum Gasteiger partial charge on any atom is -0.467 e. The fraction of sp³-hybridized carbons (Fsp3) is 0.267. The molecule has 20 heavy (non-hydrogen) atoms. The van der Waals surface area contributed by atoms with E-state index < -0.39 is 0 Å². The Kier molecular flexibility index (Phi) is 4.16. The lowest BCUT2D eigenvalue weighted by molar-refractivity contribution is 0.0981. The van der Waals surface area contributed by atoms with E-state index in [-0.39, 0.29) is 24.4 Å². The van der Waals surface area contributed by atoms with Gasteiger partial charge in [0.1, 0.15) is 12.0 Å². The topological polar surface area (TPSA) is 59.5 Å². The largest absolute Gasteiger partial charge is 0.467 e. The second-order valence-electron chi connectivity index (χ2n) is 4.86. The van der Waals surface area contributed by atoms with E-state index in [1.54, 1.807) is 6.07 Å². The molecule has 2 heterocycles. The van der Waals surface area contributed by atoms with Crippen molar-refractivity contribution >= 4 is 24.0 Å². The standard InChI is InChI=1S/C15H16N2O2.ClH/c1-10-6-11-4-2-3-5-14(11)17(10)15(18)12-7-13(8-16)19-9-12;/h2-5,7,9-10H,6,8,16H2,1H3;1H. The molecule has 1 aliphatic heterocycles. The fourth-order valence-corrected chi connectivity index (χ4v) is 2.61. The van der Waals surface area contributed by atoms with Gasteiger partial charge in [-0.05, 0) is 31.0 Å². The van der Waals surface area contributed by atoms with Gasteiger partial charge in [0, 0.05) is 11.7 Å². The molecule has 0 saturated heterocycles. The highest BCUT2D eigenvalue weighted by Crippen LogP contribution is 2.33. The lowest BCUT2D eigenvalue weighted by atomic mass is 10.1. The highest BCUT2D eigenvalue weighted by Gasteiger charge is 2.31. The quantitative estimate of drug-likeness (QED) is 0.926. The summed E-state index contributed by atoms with van der Waals surface area (Å²) in [6, 6.07) is 9.90. The zero-order valence-electron chi connectivity index (χ0n) is 11.2. The van der Waals surface area contributed by atoms with Crippen molar-refractivity contribution in [2.45, 2.75) is 25.9 Å². The number of hydrogen-bond acceptors (Lipinski definition) is 3. The molecule has 1 unspecified atom stereocenters. The number of benzene rings is 1. The molecule has 3 rings (SSSR count). The van der Waals surface area contributed by atoms with Gasteiger partial charge in [0.2, 0.25) is 0 Å². The zero-order valence-corrected chi connectivity index (χ0v) is 12.0. The minimum atomic E-state index is -0.0269. The third kappa shape index (κ3) is 2.32. The number of anilines is 1. The number of amides is 1. The van der Waals surface area contributed by atoms with Gasteiger partial charge in [-0.15, -0.1) is 12.4 Å². The molecule has 5 heteroatoms. The summed E-state index contributed by atoms with van der Waals surface area (Å²) in [6.45, 7) is 2.36. The van der Waals surface area contributed by atoms with E-state index >= 15 is 0 Å². The second kappa shape index (κ2) is 5.69. The first-order chi connectivity index (χ1) is 9.20. The molecular formula is C15H17ClN2O2. The normalized spacial score (nSPS) is 16.7. The molecule has 1 aliphatic rings. The number of nitrogens with zero attached hydrogens (tertiary/aromatic N) is 1. The first-order valence-electron chi connectivity index (χ1n) is 6.39. The average Bonchev–Trinajstić information content (AvgIpc) is 3.01. The van der Waals surface area contributed by atoms with Crippen LogP contribution < -0.4 is 10.6 Å². The van der Waals surface area contributed by atoms with E-state index in [2.05, 4.69) is 13.0 Å². The predicted octanol–water partition coefficient (Wildman–Crippen LogP) is 2.75. The van der Waals surface area contributed by atoms with Gasteiger partial charge in [0.15, 0.2) is 0 Å². The Balaban J connectivity index is 0.00000147. The monoisotopic (exact) mass is 292 g/mol. The van der Waals surface area contributed by atoms with Crippen LogP contribution in [-0.4, -0.2) is 11.9 Å². The number of hydrogen-bond donors (Lipinski definition) is 1. The van der Waals surface area contributed by atoms with Crippen molar-refractivity contribution in [3.8, 4) is 0 Å². The number of nitrogens with two attached hydrogens (primary N) is 1. The van der Waals surface area contributed by atoms with E-state index in [9.17, 15) is 4.79 Å². The number of furan rings is 1. The van der Waals surface area contributed by atoms with Crippen LogP contribution in [0.2, 0.25) is 0 Å². The van der Waals surface area contributed by atoms with Crippen molar-refractivity contribution in [3.63, 3.8) is 0 Å². The van der Waals surface area contributed by atoms with Crippen molar-refractivity contribution in [1.82, 2.24) is 0 Å². The Bertz CT molecular complexity index is 624. The Morgan fingerprint density at radius 1 is 1.45 bits per heavy atom. The number of fused-ring (bicyclic) bond motifs is 1. The summed E-state index contributed by atoms with van der Waals surface area (Å²) < 4.78 is 5.25. The Morgan fingerprint density at radius 2 is 2.20 bits per heavy atom. The van der Waals surface area contributed by atoms with Crippen LogP contribution in [0.25, 0.3) is 0 Å². The van der Waals surface area contributed by atoms with Crippen LogP contribution >= 0.6 is 12.4 Å². The molecular weight excluding hydrogens is 276 g/mol. The van der Waals surface area contributed by atoms with Gasteiger partial charge in [-0.2, -0.15) is 0 Å². The van der Waals surface area contributed by atoms with E-state index in [1.165, 1.54) is 11.8 Å². The maximum Gasteiger partial charge on any atom is 0.261 e. The van der Waals surface area contributed by atoms with Crippen LogP contribution in [0.5, 0.6) is 0 Å². The van der Waals surface area contributed by atoms with Gasteiger partial charge in [-0.3, -0.25) is 4.79 Å². The molecule has 1 aromatic carbocycles. The SMILES string of the molecule is CC1Cc2ccccc2N1C(=O)c1coc(CN)c1.Cl. The summed E-state index contributed by atoms with van der Waals surface area (Å²) in [6.07, 6.45) is 2.38. The van der Waals surface area contributed by atoms with Crippen molar-refractivity contribution in [2.24, 2.45) is 5.73 Å². The molecule has 1 aromatic heterocycles. The number of carbonyl (C=O) groups is 1. The Hall–Kier alpha value is -1.78. The lowest BCUT2D eigenvalue weighted by Crippen LogP contribution is -2.35.